The minimum absolute atomic E-state index is 0.0333. The summed E-state index contributed by atoms with van der Waals surface area (Å²) in [6.07, 6.45) is 1.01. The molecule has 1 fully saturated rings. The lowest BCUT2D eigenvalue weighted by atomic mass is 10.3. The summed E-state index contributed by atoms with van der Waals surface area (Å²) >= 11 is 4.83. The zero-order valence-electron chi connectivity index (χ0n) is 10.2. The van der Waals surface area contributed by atoms with Crippen LogP contribution in [0.25, 0.3) is 0 Å². The molecule has 1 amide bonds. The van der Waals surface area contributed by atoms with Crippen LogP contribution in [-0.2, 0) is 0 Å². The van der Waals surface area contributed by atoms with Gasteiger partial charge in [-0.3, -0.25) is 4.79 Å². The van der Waals surface area contributed by atoms with E-state index < -0.39 is 0 Å². The molecule has 2 N–H and O–H groups in total. The van der Waals surface area contributed by atoms with Gasteiger partial charge in [0.25, 0.3) is 5.91 Å². The SMILES string of the molecule is O=C(NCCCN1CCNCC1)c1ccc(Br)s1. The predicted molar refractivity (Wildman–Crippen MR) is 78.3 cm³/mol. The Morgan fingerprint density at radius 2 is 2.22 bits per heavy atom. The summed E-state index contributed by atoms with van der Waals surface area (Å²) in [7, 11) is 0. The topological polar surface area (TPSA) is 44.4 Å². The molecule has 0 atom stereocenters. The van der Waals surface area contributed by atoms with Gasteiger partial charge in [-0.05, 0) is 41.0 Å². The smallest absolute Gasteiger partial charge is 0.261 e. The molecule has 0 radical (unpaired) electrons. The molecule has 4 nitrogen and oxygen atoms in total. The Bertz CT molecular complexity index is 390. The summed E-state index contributed by atoms with van der Waals surface area (Å²) in [5.41, 5.74) is 0. The number of rotatable bonds is 5. The third kappa shape index (κ3) is 4.35. The second kappa shape index (κ2) is 7.23. The van der Waals surface area contributed by atoms with Crippen molar-refractivity contribution in [3.05, 3.63) is 20.8 Å². The summed E-state index contributed by atoms with van der Waals surface area (Å²) in [5.74, 6) is 0.0333. The molecule has 0 unspecified atom stereocenters. The van der Waals surface area contributed by atoms with Gasteiger partial charge in [-0.1, -0.05) is 0 Å². The molecule has 1 aliphatic heterocycles. The lowest BCUT2D eigenvalue weighted by Crippen LogP contribution is -2.44. The highest BCUT2D eigenvalue weighted by Gasteiger charge is 2.10. The molecule has 6 heteroatoms. The molecule has 0 bridgehead atoms. The van der Waals surface area contributed by atoms with Crippen molar-refractivity contribution in [3.8, 4) is 0 Å². The molecule has 1 aromatic heterocycles. The van der Waals surface area contributed by atoms with Gasteiger partial charge in [-0.25, -0.2) is 0 Å². The molecule has 0 spiro atoms. The van der Waals surface area contributed by atoms with Gasteiger partial charge in [0, 0.05) is 32.7 Å². The second-order valence-electron chi connectivity index (χ2n) is 4.30. The normalized spacial score (nSPS) is 16.7. The fourth-order valence-electron chi connectivity index (χ4n) is 1.96. The highest BCUT2D eigenvalue weighted by molar-refractivity contribution is 9.11. The lowest BCUT2D eigenvalue weighted by Gasteiger charge is -2.27. The van der Waals surface area contributed by atoms with Crippen molar-refractivity contribution >= 4 is 33.2 Å². The van der Waals surface area contributed by atoms with Gasteiger partial charge in [-0.15, -0.1) is 11.3 Å². The number of hydrogen-bond donors (Lipinski definition) is 2. The Hall–Kier alpha value is -0.430. The number of piperazine rings is 1. The van der Waals surface area contributed by atoms with Crippen LogP contribution in [0.15, 0.2) is 15.9 Å². The Balaban J connectivity index is 1.61. The van der Waals surface area contributed by atoms with Crippen molar-refractivity contribution < 1.29 is 4.79 Å². The molecule has 0 saturated carbocycles. The van der Waals surface area contributed by atoms with E-state index >= 15 is 0 Å². The van der Waals surface area contributed by atoms with E-state index in [-0.39, 0.29) is 5.91 Å². The van der Waals surface area contributed by atoms with Gasteiger partial charge in [0.1, 0.15) is 0 Å². The molecule has 1 aromatic rings. The van der Waals surface area contributed by atoms with Crippen molar-refractivity contribution in [2.75, 3.05) is 39.3 Å². The first-order valence-corrected chi connectivity index (χ1v) is 7.83. The molecule has 100 valence electrons. The first-order chi connectivity index (χ1) is 8.75. The highest BCUT2D eigenvalue weighted by atomic mass is 79.9. The number of amides is 1. The Labute approximate surface area is 120 Å². The lowest BCUT2D eigenvalue weighted by molar-refractivity contribution is 0.0955. The number of hydrogen-bond acceptors (Lipinski definition) is 4. The van der Waals surface area contributed by atoms with Crippen LogP contribution in [0.5, 0.6) is 0 Å². The van der Waals surface area contributed by atoms with Crippen molar-refractivity contribution in [1.82, 2.24) is 15.5 Å². The van der Waals surface area contributed by atoms with Gasteiger partial charge in [-0.2, -0.15) is 0 Å². The van der Waals surface area contributed by atoms with Gasteiger partial charge in [0.05, 0.1) is 8.66 Å². The van der Waals surface area contributed by atoms with Crippen molar-refractivity contribution in [3.63, 3.8) is 0 Å². The zero-order chi connectivity index (χ0) is 12.8. The third-order valence-corrected chi connectivity index (χ3v) is 4.57. The van der Waals surface area contributed by atoms with E-state index in [2.05, 4.69) is 31.5 Å². The molecule has 2 heterocycles. The first-order valence-electron chi connectivity index (χ1n) is 6.22. The van der Waals surface area contributed by atoms with Gasteiger partial charge in [0.2, 0.25) is 0 Å². The van der Waals surface area contributed by atoms with E-state index in [9.17, 15) is 4.79 Å². The summed E-state index contributed by atoms with van der Waals surface area (Å²) in [6, 6.07) is 3.75. The monoisotopic (exact) mass is 331 g/mol. The van der Waals surface area contributed by atoms with E-state index in [1.54, 1.807) is 0 Å². The number of halogens is 1. The zero-order valence-corrected chi connectivity index (χ0v) is 12.6. The van der Waals surface area contributed by atoms with Crippen molar-refractivity contribution in [2.45, 2.75) is 6.42 Å². The molecule has 0 aromatic carbocycles. The fourth-order valence-corrected chi connectivity index (χ4v) is 3.27. The maximum absolute atomic E-state index is 11.8. The van der Waals surface area contributed by atoms with Crippen LogP contribution in [-0.4, -0.2) is 50.1 Å². The molecule has 2 rings (SSSR count). The van der Waals surface area contributed by atoms with Crippen LogP contribution in [0.4, 0.5) is 0 Å². The van der Waals surface area contributed by atoms with Gasteiger partial charge in [0.15, 0.2) is 0 Å². The van der Waals surface area contributed by atoms with Crippen LogP contribution < -0.4 is 10.6 Å². The van der Waals surface area contributed by atoms with Crippen LogP contribution in [0.3, 0.4) is 0 Å². The van der Waals surface area contributed by atoms with Crippen LogP contribution in [0.1, 0.15) is 16.1 Å². The van der Waals surface area contributed by atoms with Crippen LogP contribution in [0, 0.1) is 0 Å². The van der Waals surface area contributed by atoms with E-state index in [4.69, 9.17) is 0 Å². The average Bonchev–Trinajstić information content (AvgIpc) is 2.82. The molecule has 18 heavy (non-hydrogen) atoms. The fraction of sp³-hybridized carbons (Fsp3) is 0.583. The summed E-state index contributed by atoms with van der Waals surface area (Å²) in [6.45, 7) is 6.21. The van der Waals surface area contributed by atoms with E-state index in [1.807, 2.05) is 12.1 Å². The van der Waals surface area contributed by atoms with Crippen LogP contribution in [0.2, 0.25) is 0 Å². The number of nitrogens with zero attached hydrogens (tertiary/aromatic N) is 1. The average molecular weight is 332 g/mol. The van der Waals surface area contributed by atoms with Crippen molar-refractivity contribution in [2.24, 2.45) is 0 Å². The number of nitrogens with one attached hydrogen (secondary N) is 2. The number of carbonyl (C=O) groups is 1. The Morgan fingerprint density at radius 3 is 2.89 bits per heavy atom. The van der Waals surface area contributed by atoms with Crippen molar-refractivity contribution in [1.29, 1.82) is 0 Å². The minimum Gasteiger partial charge on any atom is -0.351 e. The van der Waals surface area contributed by atoms with E-state index in [0.29, 0.717) is 0 Å². The largest absolute Gasteiger partial charge is 0.351 e. The second-order valence-corrected chi connectivity index (χ2v) is 6.77. The number of carbonyl (C=O) groups excluding carboxylic acids is 1. The maximum atomic E-state index is 11.8. The van der Waals surface area contributed by atoms with E-state index in [0.717, 1.165) is 54.4 Å². The van der Waals surface area contributed by atoms with E-state index in [1.165, 1.54) is 11.3 Å². The van der Waals surface area contributed by atoms with Gasteiger partial charge >= 0.3 is 0 Å². The highest BCUT2D eigenvalue weighted by Crippen LogP contribution is 2.21. The standard InChI is InChI=1S/C12H18BrN3OS/c13-11-3-2-10(18-11)12(17)15-4-1-7-16-8-5-14-6-9-16/h2-3,14H,1,4-9H2,(H,15,17). The quantitative estimate of drug-likeness (QED) is 0.804. The van der Waals surface area contributed by atoms with Gasteiger partial charge < -0.3 is 15.5 Å². The molecular weight excluding hydrogens is 314 g/mol. The third-order valence-electron chi connectivity index (χ3n) is 2.94. The maximum Gasteiger partial charge on any atom is 0.261 e. The molecule has 1 saturated heterocycles. The number of thiophene rings is 1. The Morgan fingerprint density at radius 1 is 1.44 bits per heavy atom. The molecule has 1 aliphatic rings. The molecular formula is C12H18BrN3OS. The first kappa shape index (κ1) is 14.0. The summed E-state index contributed by atoms with van der Waals surface area (Å²) in [4.78, 5) is 15.0. The summed E-state index contributed by atoms with van der Waals surface area (Å²) in [5, 5.41) is 6.29. The van der Waals surface area contributed by atoms with Crippen LogP contribution >= 0.6 is 27.3 Å². The Kier molecular flexibility index (Phi) is 5.62. The minimum atomic E-state index is 0.0333. The predicted octanol–water partition coefficient (Wildman–Crippen LogP) is 1.54. The summed E-state index contributed by atoms with van der Waals surface area (Å²) < 4.78 is 0.994. The molecule has 0 aliphatic carbocycles.